The number of allylic oxidation sites excluding steroid dienone is 5. The fourth-order valence-electron chi connectivity index (χ4n) is 2.33. The maximum atomic E-state index is 10.2. The van der Waals surface area contributed by atoms with Crippen LogP contribution >= 0.6 is 0 Å². The van der Waals surface area contributed by atoms with E-state index in [4.69, 9.17) is 4.98 Å². The van der Waals surface area contributed by atoms with Gasteiger partial charge in [0.25, 0.3) is 0 Å². The highest BCUT2D eigenvalue weighted by Gasteiger charge is 2.13. The van der Waals surface area contributed by atoms with Crippen LogP contribution in [0.5, 0.6) is 0 Å². The largest absolute Gasteiger partial charge is 0.507 e. The van der Waals surface area contributed by atoms with Crippen molar-refractivity contribution in [3.8, 4) is 11.4 Å². The minimum absolute atomic E-state index is 0.0351. The van der Waals surface area contributed by atoms with Crippen LogP contribution in [-0.2, 0) is 0 Å². The molecular weight excluding hydrogens is 308 g/mol. The third kappa shape index (κ3) is 3.90. The van der Waals surface area contributed by atoms with Gasteiger partial charge in [0.2, 0.25) is 0 Å². The number of aromatic nitrogens is 2. The van der Waals surface area contributed by atoms with E-state index in [1.807, 2.05) is 24.3 Å². The smallest absolute Gasteiger partial charge is 0.124 e. The lowest BCUT2D eigenvalue weighted by Crippen LogP contribution is -1.98. The first kappa shape index (κ1) is 17.9. The van der Waals surface area contributed by atoms with Crippen molar-refractivity contribution in [1.82, 2.24) is 9.97 Å². The van der Waals surface area contributed by atoms with Gasteiger partial charge in [-0.15, -0.1) is 0 Å². The van der Waals surface area contributed by atoms with Gasteiger partial charge in [0.05, 0.1) is 17.1 Å². The van der Waals surface area contributed by atoms with Crippen molar-refractivity contribution in [1.29, 1.82) is 0 Å². The SMILES string of the molecule is C=C/C=C\C(=C(\O)C=C)c1ccc(C=C)c(-c2ncccc2C=C)n1. The molecule has 2 aromatic heterocycles. The number of aliphatic hydroxyl groups is 1. The predicted octanol–water partition coefficient (Wildman–Crippen LogP) is 5.63. The third-order valence-electron chi connectivity index (χ3n) is 3.57. The molecule has 0 radical (unpaired) electrons. The van der Waals surface area contributed by atoms with Gasteiger partial charge in [-0.25, -0.2) is 4.98 Å². The first-order chi connectivity index (χ1) is 12.2. The molecule has 0 spiro atoms. The highest BCUT2D eigenvalue weighted by Crippen LogP contribution is 2.28. The van der Waals surface area contributed by atoms with Crippen molar-refractivity contribution in [3.05, 3.63) is 104 Å². The number of rotatable bonds is 7. The molecule has 124 valence electrons. The fourth-order valence-corrected chi connectivity index (χ4v) is 2.33. The van der Waals surface area contributed by atoms with E-state index in [2.05, 4.69) is 31.3 Å². The maximum absolute atomic E-state index is 10.2. The Kier molecular flexibility index (Phi) is 6.02. The molecular formula is C22H20N2O. The second-order valence-corrected chi connectivity index (χ2v) is 5.08. The summed E-state index contributed by atoms with van der Waals surface area (Å²) >= 11 is 0. The molecule has 0 aliphatic heterocycles. The molecule has 25 heavy (non-hydrogen) atoms. The molecule has 0 amide bonds. The second-order valence-electron chi connectivity index (χ2n) is 5.08. The lowest BCUT2D eigenvalue weighted by molar-refractivity contribution is 0.436. The average molecular weight is 328 g/mol. The number of hydrogen-bond acceptors (Lipinski definition) is 3. The van der Waals surface area contributed by atoms with Gasteiger partial charge in [0.1, 0.15) is 5.76 Å². The molecule has 0 atom stereocenters. The lowest BCUT2D eigenvalue weighted by atomic mass is 10.0. The Morgan fingerprint density at radius 2 is 1.68 bits per heavy atom. The topological polar surface area (TPSA) is 46.0 Å². The van der Waals surface area contributed by atoms with Crippen LogP contribution in [0.15, 0.2) is 86.8 Å². The highest BCUT2D eigenvalue weighted by atomic mass is 16.3. The number of hydrogen-bond donors (Lipinski definition) is 1. The summed E-state index contributed by atoms with van der Waals surface area (Å²) in [5.74, 6) is 0.0351. The molecule has 1 N–H and O–H groups in total. The fraction of sp³-hybridized carbons (Fsp3) is 0. The monoisotopic (exact) mass is 328 g/mol. The third-order valence-corrected chi connectivity index (χ3v) is 3.57. The van der Waals surface area contributed by atoms with Gasteiger partial charge in [-0.2, -0.15) is 0 Å². The Morgan fingerprint density at radius 3 is 2.32 bits per heavy atom. The first-order valence-corrected chi connectivity index (χ1v) is 7.72. The summed E-state index contributed by atoms with van der Waals surface area (Å²) in [5, 5.41) is 10.2. The van der Waals surface area contributed by atoms with Crippen LogP contribution in [0, 0.1) is 0 Å². The Bertz CT molecular complexity index is 889. The van der Waals surface area contributed by atoms with E-state index in [1.165, 1.54) is 6.08 Å². The minimum atomic E-state index is 0.0351. The molecule has 2 aromatic rings. The van der Waals surface area contributed by atoms with Gasteiger partial charge in [-0.1, -0.05) is 62.8 Å². The Labute approximate surface area is 148 Å². The zero-order valence-corrected chi connectivity index (χ0v) is 14.0. The summed E-state index contributed by atoms with van der Waals surface area (Å²) in [6, 6.07) is 7.48. The molecule has 0 unspecified atom stereocenters. The van der Waals surface area contributed by atoms with E-state index < -0.39 is 0 Å². The van der Waals surface area contributed by atoms with Gasteiger partial charge in [-0.05, 0) is 24.3 Å². The number of aliphatic hydroxyl groups excluding tert-OH is 1. The summed E-state index contributed by atoms with van der Waals surface area (Å²) in [6.07, 6.45) is 11.6. The molecule has 0 saturated heterocycles. The summed E-state index contributed by atoms with van der Waals surface area (Å²) in [4.78, 5) is 9.15. The van der Waals surface area contributed by atoms with Crippen LogP contribution < -0.4 is 0 Å². The molecule has 2 heterocycles. The molecule has 0 fully saturated rings. The van der Waals surface area contributed by atoms with E-state index >= 15 is 0 Å². The molecule has 0 bridgehead atoms. The lowest BCUT2D eigenvalue weighted by Gasteiger charge is -2.11. The van der Waals surface area contributed by atoms with Crippen LogP contribution in [0.25, 0.3) is 29.1 Å². The van der Waals surface area contributed by atoms with Crippen LogP contribution in [0.3, 0.4) is 0 Å². The summed E-state index contributed by atoms with van der Waals surface area (Å²) < 4.78 is 0. The normalized spacial score (nSPS) is 11.7. The minimum Gasteiger partial charge on any atom is -0.507 e. The van der Waals surface area contributed by atoms with E-state index in [0.717, 1.165) is 11.1 Å². The van der Waals surface area contributed by atoms with Crippen molar-refractivity contribution < 1.29 is 5.11 Å². The van der Waals surface area contributed by atoms with Gasteiger partial charge in [0.15, 0.2) is 0 Å². The Hall–Kier alpha value is -3.46. The standard InChI is InChI=1S/C22H20N2O/c1-5-9-12-18(20(25)8-4)19-14-13-17(7-3)22(24-19)21-16(6-2)11-10-15-23-21/h5-15,25H,1-4H2/b12-9-,20-18-. The van der Waals surface area contributed by atoms with Crippen molar-refractivity contribution in [2.75, 3.05) is 0 Å². The van der Waals surface area contributed by atoms with Crippen molar-refractivity contribution >= 4 is 17.7 Å². The van der Waals surface area contributed by atoms with Gasteiger partial charge < -0.3 is 5.11 Å². The van der Waals surface area contributed by atoms with E-state index in [-0.39, 0.29) is 5.76 Å². The molecule has 0 aromatic carbocycles. The summed E-state index contributed by atoms with van der Waals surface area (Å²) in [6.45, 7) is 15.0. The summed E-state index contributed by atoms with van der Waals surface area (Å²) in [5.41, 5.74) is 4.23. The van der Waals surface area contributed by atoms with Gasteiger partial charge in [0, 0.05) is 22.9 Å². The molecule has 0 aliphatic carbocycles. The van der Waals surface area contributed by atoms with Crippen LogP contribution in [0.1, 0.15) is 16.8 Å². The number of pyridine rings is 2. The van der Waals surface area contributed by atoms with Crippen molar-refractivity contribution in [2.45, 2.75) is 0 Å². The van der Waals surface area contributed by atoms with Crippen LogP contribution in [-0.4, -0.2) is 15.1 Å². The molecule has 3 nitrogen and oxygen atoms in total. The van der Waals surface area contributed by atoms with E-state index in [0.29, 0.717) is 22.7 Å². The van der Waals surface area contributed by atoms with Gasteiger partial charge >= 0.3 is 0 Å². The average Bonchev–Trinajstić information content (AvgIpc) is 2.67. The van der Waals surface area contributed by atoms with Crippen molar-refractivity contribution in [2.24, 2.45) is 0 Å². The van der Waals surface area contributed by atoms with Crippen LogP contribution in [0.2, 0.25) is 0 Å². The maximum Gasteiger partial charge on any atom is 0.124 e. The zero-order chi connectivity index (χ0) is 18.2. The zero-order valence-electron chi connectivity index (χ0n) is 14.0. The van der Waals surface area contributed by atoms with Gasteiger partial charge in [-0.3, -0.25) is 4.98 Å². The van der Waals surface area contributed by atoms with E-state index in [9.17, 15) is 5.11 Å². The second kappa shape index (κ2) is 8.41. The molecule has 0 aliphatic rings. The Balaban J connectivity index is 2.74. The predicted molar refractivity (Wildman–Crippen MR) is 107 cm³/mol. The van der Waals surface area contributed by atoms with E-state index in [1.54, 1.807) is 36.6 Å². The summed E-state index contributed by atoms with van der Waals surface area (Å²) in [7, 11) is 0. The number of nitrogens with zero attached hydrogens (tertiary/aromatic N) is 2. The molecule has 0 saturated carbocycles. The van der Waals surface area contributed by atoms with Crippen LogP contribution in [0.4, 0.5) is 0 Å². The Morgan fingerprint density at radius 1 is 0.960 bits per heavy atom. The highest BCUT2D eigenvalue weighted by molar-refractivity contribution is 5.80. The first-order valence-electron chi connectivity index (χ1n) is 7.72. The van der Waals surface area contributed by atoms with Crippen molar-refractivity contribution in [3.63, 3.8) is 0 Å². The molecule has 2 rings (SSSR count). The molecule has 3 heteroatoms. The quantitative estimate of drug-likeness (QED) is 0.529.